The number of nitrogens with two attached hydrogens (primary N) is 1. The van der Waals surface area contributed by atoms with Crippen LogP contribution in [0.5, 0.6) is 0 Å². The summed E-state index contributed by atoms with van der Waals surface area (Å²) < 4.78 is 0. The van der Waals surface area contributed by atoms with E-state index in [4.69, 9.17) is 18.0 Å². The molecule has 4 nitrogen and oxygen atoms in total. The third kappa shape index (κ3) is 4.79. The van der Waals surface area contributed by atoms with Gasteiger partial charge in [0, 0.05) is 12.1 Å². The van der Waals surface area contributed by atoms with Crippen LogP contribution in [0, 0.1) is 5.92 Å². The van der Waals surface area contributed by atoms with Gasteiger partial charge in [0.1, 0.15) is 4.99 Å². The van der Waals surface area contributed by atoms with Gasteiger partial charge in [0.05, 0.1) is 12.2 Å². The van der Waals surface area contributed by atoms with Crippen LogP contribution < -0.4 is 11.1 Å². The van der Waals surface area contributed by atoms with E-state index >= 15 is 0 Å². The standard InChI is InChI=1S/C16H23N3OS/c1-19(10-12-6-2-3-7-12)11-15(20)18-14-9-5-4-8-13(14)16(17)21/h4-5,8-9,12H,2-3,6-7,10-11H2,1H3,(H2,17,21)(H,18,20). The monoisotopic (exact) mass is 305 g/mol. The van der Waals surface area contributed by atoms with E-state index in [2.05, 4.69) is 10.2 Å². The number of benzene rings is 1. The summed E-state index contributed by atoms with van der Waals surface area (Å²) in [5.74, 6) is 0.714. The number of anilines is 1. The maximum absolute atomic E-state index is 12.1. The number of likely N-dealkylation sites (N-methyl/N-ethyl adjacent to an activating group) is 1. The Bertz CT molecular complexity index is 512. The highest BCUT2D eigenvalue weighted by Gasteiger charge is 2.18. The summed E-state index contributed by atoms with van der Waals surface area (Å²) in [6.45, 7) is 1.38. The average Bonchev–Trinajstić information content (AvgIpc) is 2.91. The van der Waals surface area contributed by atoms with Crippen molar-refractivity contribution < 1.29 is 4.79 Å². The number of nitrogens with zero attached hydrogens (tertiary/aromatic N) is 1. The lowest BCUT2D eigenvalue weighted by Crippen LogP contribution is -2.33. The van der Waals surface area contributed by atoms with Crippen LogP contribution in [0.4, 0.5) is 5.69 Å². The van der Waals surface area contributed by atoms with Crippen molar-refractivity contribution in [2.75, 3.05) is 25.5 Å². The second kappa shape index (κ2) is 7.52. The molecule has 1 fully saturated rings. The molecular weight excluding hydrogens is 282 g/mol. The number of thiocarbonyl (C=S) groups is 1. The molecule has 0 atom stereocenters. The molecular formula is C16H23N3OS. The van der Waals surface area contributed by atoms with Crippen molar-refractivity contribution in [2.45, 2.75) is 25.7 Å². The van der Waals surface area contributed by atoms with Gasteiger partial charge in [-0.1, -0.05) is 37.2 Å². The Hall–Kier alpha value is -1.46. The van der Waals surface area contributed by atoms with Gasteiger partial charge in [-0.15, -0.1) is 0 Å². The molecule has 0 saturated heterocycles. The summed E-state index contributed by atoms with van der Waals surface area (Å²) in [6.07, 6.45) is 5.23. The summed E-state index contributed by atoms with van der Waals surface area (Å²) in [5, 5.41) is 2.90. The Balaban J connectivity index is 1.88. The van der Waals surface area contributed by atoms with Gasteiger partial charge in [0.2, 0.25) is 5.91 Å². The van der Waals surface area contributed by atoms with E-state index in [9.17, 15) is 4.79 Å². The molecule has 1 aliphatic carbocycles. The van der Waals surface area contributed by atoms with Gasteiger partial charge < -0.3 is 11.1 Å². The predicted molar refractivity (Wildman–Crippen MR) is 90.4 cm³/mol. The minimum Gasteiger partial charge on any atom is -0.389 e. The molecule has 0 bridgehead atoms. The Morgan fingerprint density at radius 3 is 2.71 bits per heavy atom. The normalized spacial score (nSPS) is 15.3. The van der Waals surface area contributed by atoms with Crippen molar-refractivity contribution >= 4 is 28.8 Å². The predicted octanol–water partition coefficient (Wildman–Crippen LogP) is 2.38. The van der Waals surface area contributed by atoms with Crippen molar-refractivity contribution in [2.24, 2.45) is 11.7 Å². The average molecular weight is 305 g/mol. The van der Waals surface area contributed by atoms with E-state index in [-0.39, 0.29) is 5.91 Å². The van der Waals surface area contributed by atoms with Gasteiger partial charge in [-0.25, -0.2) is 0 Å². The Morgan fingerprint density at radius 1 is 1.38 bits per heavy atom. The molecule has 0 radical (unpaired) electrons. The molecule has 0 aliphatic heterocycles. The third-order valence-corrected chi connectivity index (χ3v) is 4.14. The molecule has 114 valence electrons. The van der Waals surface area contributed by atoms with Crippen LogP contribution in [0.15, 0.2) is 24.3 Å². The van der Waals surface area contributed by atoms with Crippen LogP contribution in [0.3, 0.4) is 0 Å². The van der Waals surface area contributed by atoms with E-state index in [1.165, 1.54) is 25.7 Å². The van der Waals surface area contributed by atoms with Gasteiger partial charge in [0.25, 0.3) is 0 Å². The molecule has 5 heteroatoms. The van der Waals surface area contributed by atoms with Crippen LogP contribution in [0.25, 0.3) is 0 Å². The Morgan fingerprint density at radius 2 is 2.05 bits per heavy atom. The quantitative estimate of drug-likeness (QED) is 0.792. The highest BCUT2D eigenvalue weighted by Crippen LogP contribution is 2.25. The largest absolute Gasteiger partial charge is 0.389 e. The smallest absolute Gasteiger partial charge is 0.238 e. The first-order chi connectivity index (χ1) is 10.1. The minimum absolute atomic E-state index is 0.0285. The Kier molecular flexibility index (Phi) is 5.70. The zero-order chi connectivity index (χ0) is 15.2. The number of hydrogen-bond donors (Lipinski definition) is 2. The van der Waals surface area contributed by atoms with Crippen LogP contribution in [-0.2, 0) is 4.79 Å². The lowest BCUT2D eigenvalue weighted by molar-refractivity contribution is -0.117. The highest BCUT2D eigenvalue weighted by molar-refractivity contribution is 7.80. The molecule has 2 rings (SSSR count). The SMILES string of the molecule is CN(CC(=O)Nc1ccccc1C(N)=S)CC1CCCC1. The van der Waals surface area contributed by atoms with E-state index in [1.807, 2.05) is 31.3 Å². The number of nitrogens with one attached hydrogen (secondary N) is 1. The molecule has 1 aliphatic rings. The number of carbonyl (C=O) groups is 1. The first-order valence-corrected chi connectivity index (χ1v) is 7.84. The minimum atomic E-state index is -0.0285. The van der Waals surface area contributed by atoms with Crippen molar-refractivity contribution in [1.82, 2.24) is 4.90 Å². The fourth-order valence-electron chi connectivity index (χ4n) is 2.94. The highest BCUT2D eigenvalue weighted by atomic mass is 32.1. The second-order valence-corrected chi connectivity index (χ2v) is 6.25. The first kappa shape index (κ1) is 15.9. The van der Waals surface area contributed by atoms with Crippen LogP contribution in [0.2, 0.25) is 0 Å². The zero-order valence-electron chi connectivity index (χ0n) is 12.5. The number of hydrogen-bond acceptors (Lipinski definition) is 3. The first-order valence-electron chi connectivity index (χ1n) is 7.43. The van der Waals surface area contributed by atoms with Gasteiger partial charge in [-0.3, -0.25) is 9.69 Å². The fraction of sp³-hybridized carbons (Fsp3) is 0.500. The maximum atomic E-state index is 12.1. The molecule has 1 aromatic rings. The van der Waals surface area contributed by atoms with Gasteiger partial charge in [-0.2, -0.15) is 0 Å². The summed E-state index contributed by atoms with van der Waals surface area (Å²) in [7, 11) is 2.00. The Labute approximate surface area is 131 Å². The number of rotatable bonds is 6. The van der Waals surface area contributed by atoms with Crippen molar-refractivity contribution in [3.05, 3.63) is 29.8 Å². The number of carbonyl (C=O) groups excluding carboxylic acids is 1. The van der Waals surface area contributed by atoms with Gasteiger partial charge >= 0.3 is 0 Å². The zero-order valence-corrected chi connectivity index (χ0v) is 13.3. The number of para-hydroxylation sites is 1. The third-order valence-electron chi connectivity index (χ3n) is 3.92. The molecule has 21 heavy (non-hydrogen) atoms. The van der Waals surface area contributed by atoms with Crippen LogP contribution in [0.1, 0.15) is 31.2 Å². The van der Waals surface area contributed by atoms with E-state index in [0.29, 0.717) is 22.8 Å². The van der Waals surface area contributed by atoms with Crippen LogP contribution in [-0.4, -0.2) is 35.9 Å². The molecule has 1 amide bonds. The second-order valence-electron chi connectivity index (χ2n) is 5.81. The maximum Gasteiger partial charge on any atom is 0.238 e. The van der Waals surface area contributed by atoms with Gasteiger partial charge in [0.15, 0.2) is 0 Å². The topological polar surface area (TPSA) is 58.4 Å². The molecule has 0 spiro atoms. The molecule has 0 unspecified atom stereocenters. The van der Waals surface area contributed by atoms with Crippen LogP contribution >= 0.6 is 12.2 Å². The van der Waals surface area contributed by atoms with Gasteiger partial charge in [-0.05, 0) is 37.9 Å². The molecule has 1 aromatic carbocycles. The molecule has 1 saturated carbocycles. The van der Waals surface area contributed by atoms with E-state index < -0.39 is 0 Å². The molecule has 3 N–H and O–H groups in total. The fourth-order valence-corrected chi connectivity index (χ4v) is 3.12. The summed E-state index contributed by atoms with van der Waals surface area (Å²) in [6, 6.07) is 7.36. The summed E-state index contributed by atoms with van der Waals surface area (Å²) in [5.41, 5.74) is 7.06. The van der Waals surface area contributed by atoms with E-state index in [1.54, 1.807) is 0 Å². The molecule has 0 aromatic heterocycles. The number of amides is 1. The summed E-state index contributed by atoms with van der Waals surface area (Å²) in [4.78, 5) is 14.5. The summed E-state index contributed by atoms with van der Waals surface area (Å²) >= 11 is 5.00. The van der Waals surface area contributed by atoms with Crippen molar-refractivity contribution in [3.8, 4) is 0 Å². The van der Waals surface area contributed by atoms with Crippen molar-refractivity contribution in [3.63, 3.8) is 0 Å². The molecule has 0 heterocycles. The van der Waals surface area contributed by atoms with Crippen molar-refractivity contribution in [1.29, 1.82) is 0 Å². The lowest BCUT2D eigenvalue weighted by Gasteiger charge is -2.20. The van der Waals surface area contributed by atoms with E-state index in [0.717, 1.165) is 12.5 Å². The lowest BCUT2D eigenvalue weighted by atomic mass is 10.1.